The van der Waals surface area contributed by atoms with Gasteiger partial charge in [-0.25, -0.2) is 0 Å². The molecule has 16 heavy (non-hydrogen) atoms. The van der Waals surface area contributed by atoms with Gasteiger partial charge in [-0.2, -0.15) is 0 Å². The fourth-order valence-corrected chi connectivity index (χ4v) is 2.20. The monoisotopic (exact) mass is 248 g/mol. The molecule has 0 aromatic heterocycles. The largest absolute Gasteiger partial charge is 0.351 e. The van der Waals surface area contributed by atoms with Crippen LogP contribution >= 0.6 is 12.4 Å². The summed E-state index contributed by atoms with van der Waals surface area (Å²) in [4.78, 5) is 11.9. The van der Waals surface area contributed by atoms with Gasteiger partial charge in [0.2, 0.25) is 5.91 Å². The van der Waals surface area contributed by atoms with Gasteiger partial charge in [0.25, 0.3) is 0 Å². The Morgan fingerprint density at radius 2 is 2.19 bits per heavy atom. The van der Waals surface area contributed by atoms with Gasteiger partial charge in [-0.3, -0.25) is 4.79 Å². The summed E-state index contributed by atoms with van der Waals surface area (Å²) in [5, 5.41) is 6.42. The molecule has 4 heteroatoms. The van der Waals surface area contributed by atoms with Crippen LogP contribution < -0.4 is 10.6 Å². The lowest BCUT2D eigenvalue weighted by molar-refractivity contribution is -0.127. The van der Waals surface area contributed by atoms with E-state index in [0.717, 1.165) is 38.8 Å². The average molecular weight is 249 g/mol. The quantitative estimate of drug-likeness (QED) is 0.800. The molecule has 96 valence electrons. The van der Waals surface area contributed by atoms with Crippen LogP contribution in [0.1, 0.15) is 46.5 Å². The van der Waals surface area contributed by atoms with Crippen molar-refractivity contribution in [1.29, 1.82) is 0 Å². The van der Waals surface area contributed by atoms with Crippen LogP contribution in [0.5, 0.6) is 0 Å². The SMILES string of the molecule is CCCC(C)(C)NC(=O)[C@@H]1CCCNC1.Cl. The molecule has 1 amide bonds. The molecular weight excluding hydrogens is 224 g/mol. The molecule has 0 bridgehead atoms. The molecule has 1 fully saturated rings. The number of hydrogen-bond acceptors (Lipinski definition) is 2. The molecule has 2 N–H and O–H groups in total. The molecule has 1 atom stereocenters. The fraction of sp³-hybridized carbons (Fsp3) is 0.917. The van der Waals surface area contributed by atoms with E-state index in [9.17, 15) is 4.79 Å². The number of amides is 1. The molecule has 0 spiro atoms. The topological polar surface area (TPSA) is 41.1 Å². The summed E-state index contributed by atoms with van der Waals surface area (Å²) < 4.78 is 0. The summed E-state index contributed by atoms with van der Waals surface area (Å²) in [6.45, 7) is 8.25. The average Bonchev–Trinajstić information content (AvgIpc) is 2.18. The summed E-state index contributed by atoms with van der Waals surface area (Å²) >= 11 is 0. The molecule has 1 aliphatic heterocycles. The molecule has 0 aromatic carbocycles. The third kappa shape index (κ3) is 5.17. The minimum absolute atomic E-state index is 0. The van der Waals surface area contributed by atoms with E-state index in [1.165, 1.54) is 0 Å². The number of nitrogens with one attached hydrogen (secondary N) is 2. The predicted octanol–water partition coefficient (Wildman–Crippen LogP) is 2.10. The van der Waals surface area contributed by atoms with E-state index in [1.54, 1.807) is 0 Å². The Morgan fingerprint density at radius 1 is 1.50 bits per heavy atom. The van der Waals surface area contributed by atoms with Crippen LogP contribution in [0.15, 0.2) is 0 Å². The Bertz CT molecular complexity index is 213. The molecule has 1 heterocycles. The van der Waals surface area contributed by atoms with E-state index < -0.39 is 0 Å². The highest BCUT2D eigenvalue weighted by Crippen LogP contribution is 2.15. The first-order chi connectivity index (χ1) is 7.05. The Morgan fingerprint density at radius 3 is 2.69 bits per heavy atom. The predicted molar refractivity (Wildman–Crippen MR) is 70.0 cm³/mol. The number of rotatable bonds is 4. The second-order valence-corrected chi connectivity index (χ2v) is 5.17. The Kier molecular flexibility index (Phi) is 7.00. The normalized spacial score (nSPS) is 21.1. The zero-order valence-electron chi connectivity index (χ0n) is 10.6. The van der Waals surface area contributed by atoms with Gasteiger partial charge in [0.05, 0.1) is 5.92 Å². The lowest BCUT2D eigenvalue weighted by Crippen LogP contribution is -2.49. The molecule has 1 rings (SSSR count). The maximum atomic E-state index is 11.9. The van der Waals surface area contributed by atoms with Crippen molar-refractivity contribution in [2.45, 2.75) is 52.0 Å². The number of piperidine rings is 1. The Labute approximate surface area is 105 Å². The fourth-order valence-electron chi connectivity index (χ4n) is 2.20. The van der Waals surface area contributed by atoms with Crippen molar-refractivity contribution in [1.82, 2.24) is 10.6 Å². The first-order valence-corrected chi connectivity index (χ1v) is 6.08. The first-order valence-electron chi connectivity index (χ1n) is 6.08. The van der Waals surface area contributed by atoms with Crippen molar-refractivity contribution < 1.29 is 4.79 Å². The summed E-state index contributed by atoms with van der Waals surface area (Å²) in [5.74, 6) is 0.399. The highest BCUT2D eigenvalue weighted by molar-refractivity contribution is 5.85. The lowest BCUT2D eigenvalue weighted by atomic mass is 9.94. The van der Waals surface area contributed by atoms with Crippen molar-refractivity contribution in [3.63, 3.8) is 0 Å². The summed E-state index contributed by atoms with van der Waals surface area (Å²) in [7, 11) is 0. The third-order valence-electron chi connectivity index (χ3n) is 3.00. The Balaban J connectivity index is 0.00000225. The molecule has 1 aliphatic rings. The van der Waals surface area contributed by atoms with Gasteiger partial charge in [-0.1, -0.05) is 13.3 Å². The highest BCUT2D eigenvalue weighted by Gasteiger charge is 2.26. The highest BCUT2D eigenvalue weighted by atomic mass is 35.5. The van der Waals surface area contributed by atoms with E-state index in [0.29, 0.717) is 0 Å². The van der Waals surface area contributed by atoms with Gasteiger partial charge in [0.15, 0.2) is 0 Å². The molecule has 0 radical (unpaired) electrons. The van der Waals surface area contributed by atoms with Crippen molar-refractivity contribution in [3.8, 4) is 0 Å². The molecule has 1 saturated heterocycles. The van der Waals surface area contributed by atoms with Crippen LogP contribution in [-0.4, -0.2) is 24.5 Å². The van der Waals surface area contributed by atoms with Gasteiger partial charge < -0.3 is 10.6 Å². The molecule has 3 nitrogen and oxygen atoms in total. The van der Waals surface area contributed by atoms with E-state index in [1.807, 2.05) is 0 Å². The number of hydrogen-bond donors (Lipinski definition) is 2. The minimum Gasteiger partial charge on any atom is -0.351 e. The molecule has 0 unspecified atom stereocenters. The van der Waals surface area contributed by atoms with Gasteiger partial charge in [0.1, 0.15) is 0 Å². The molecular formula is C12H25ClN2O. The first kappa shape index (κ1) is 15.7. The maximum Gasteiger partial charge on any atom is 0.224 e. The van der Waals surface area contributed by atoms with E-state index >= 15 is 0 Å². The lowest BCUT2D eigenvalue weighted by Gasteiger charge is -2.30. The number of carbonyl (C=O) groups excluding carboxylic acids is 1. The number of carbonyl (C=O) groups is 1. The van der Waals surface area contributed by atoms with Crippen molar-refractivity contribution >= 4 is 18.3 Å². The maximum absolute atomic E-state index is 11.9. The van der Waals surface area contributed by atoms with Crippen LogP contribution in [0.3, 0.4) is 0 Å². The molecule has 0 aromatic rings. The van der Waals surface area contributed by atoms with Crippen molar-refractivity contribution in [3.05, 3.63) is 0 Å². The van der Waals surface area contributed by atoms with Crippen LogP contribution in [0.4, 0.5) is 0 Å². The second kappa shape index (κ2) is 7.13. The van der Waals surface area contributed by atoms with Crippen molar-refractivity contribution in [2.24, 2.45) is 5.92 Å². The molecule has 0 aliphatic carbocycles. The van der Waals surface area contributed by atoms with Crippen LogP contribution in [0.25, 0.3) is 0 Å². The van der Waals surface area contributed by atoms with E-state index in [2.05, 4.69) is 31.4 Å². The van der Waals surface area contributed by atoms with Gasteiger partial charge in [0, 0.05) is 12.1 Å². The summed E-state index contributed by atoms with van der Waals surface area (Å²) in [5.41, 5.74) is -0.0523. The van der Waals surface area contributed by atoms with Crippen LogP contribution in [0.2, 0.25) is 0 Å². The Hall–Kier alpha value is -0.280. The van der Waals surface area contributed by atoms with Gasteiger partial charge in [-0.05, 0) is 39.7 Å². The van der Waals surface area contributed by atoms with Gasteiger partial charge in [-0.15, -0.1) is 12.4 Å². The van der Waals surface area contributed by atoms with E-state index in [4.69, 9.17) is 0 Å². The second-order valence-electron chi connectivity index (χ2n) is 5.17. The van der Waals surface area contributed by atoms with Gasteiger partial charge >= 0.3 is 0 Å². The standard InChI is InChI=1S/C12H24N2O.ClH/c1-4-7-12(2,3)14-11(15)10-6-5-8-13-9-10;/h10,13H,4-9H2,1-3H3,(H,14,15);1H/t10-;/m1./s1. The zero-order chi connectivity index (χ0) is 11.3. The molecule has 0 saturated carbocycles. The smallest absolute Gasteiger partial charge is 0.224 e. The van der Waals surface area contributed by atoms with Crippen LogP contribution in [-0.2, 0) is 4.79 Å². The summed E-state index contributed by atoms with van der Waals surface area (Å²) in [6, 6.07) is 0. The minimum atomic E-state index is -0.0523. The van der Waals surface area contributed by atoms with Crippen molar-refractivity contribution in [2.75, 3.05) is 13.1 Å². The zero-order valence-corrected chi connectivity index (χ0v) is 11.5. The van der Waals surface area contributed by atoms with Crippen LogP contribution in [0, 0.1) is 5.92 Å². The van der Waals surface area contributed by atoms with E-state index in [-0.39, 0.29) is 29.8 Å². The third-order valence-corrected chi connectivity index (χ3v) is 3.00. The number of halogens is 1. The summed E-state index contributed by atoms with van der Waals surface area (Å²) in [6.07, 6.45) is 4.29.